The van der Waals surface area contributed by atoms with Gasteiger partial charge in [0.25, 0.3) is 0 Å². The highest BCUT2D eigenvalue weighted by Gasteiger charge is 2.10. The molecule has 3 aromatic carbocycles. The monoisotopic (exact) mass is 327 g/mol. The molecular weight excluding hydrogens is 318 g/mol. The van der Waals surface area contributed by atoms with Crippen LogP contribution in [0.5, 0.6) is 0 Å². The summed E-state index contributed by atoms with van der Waals surface area (Å²) in [6.07, 6.45) is 0. The summed E-state index contributed by atoms with van der Waals surface area (Å²) in [7, 11) is 0. The minimum atomic E-state index is -0.670. The van der Waals surface area contributed by atoms with Crippen LogP contribution in [0, 0.1) is 0 Å². The number of urea groups is 1. The Morgan fingerprint density at radius 2 is 1.48 bits per heavy atom. The van der Waals surface area contributed by atoms with Crippen LogP contribution in [-0.4, -0.2) is 6.03 Å². The number of fused-ring (bicyclic) bond motifs is 1. The number of hydrogen-bond acceptors (Lipinski definition) is 4. The second kappa shape index (κ2) is 6.02. The van der Waals surface area contributed by atoms with Crippen molar-refractivity contribution in [1.82, 2.24) is 5.43 Å². The van der Waals surface area contributed by atoms with Gasteiger partial charge >= 0.3 is 6.03 Å². The van der Waals surface area contributed by atoms with Crippen molar-refractivity contribution in [3.05, 3.63) is 79.4 Å². The molecule has 0 fully saturated rings. The van der Waals surface area contributed by atoms with E-state index < -0.39 is 16.9 Å². The minimum absolute atomic E-state index is 0.288. The number of nitrogens with one attached hydrogen (secondary N) is 2. The first-order chi connectivity index (χ1) is 11.1. The van der Waals surface area contributed by atoms with E-state index in [-0.39, 0.29) is 16.1 Å². The number of amides is 2. The predicted octanol–water partition coefficient (Wildman–Crippen LogP) is 1.73. The molecule has 2 amide bonds. The van der Waals surface area contributed by atoms with E-state index in [0.29, 0.717) is 10.7 Å². The third-order valence-corrected chi connectivity index (χ3v) is 3.47. The number of hydrogen-bond donors (Lipinski definition) is 2. The number of benzene rings is 2. The Balaban J connectivity index is 1.85. The van der Waals surface area contributed by atoms with Crippen molar-refractivity contribution in [1.29, 1.82) is 0 Å². The second-order valence-electron chi connectivity index (χ2n) is 4.74. The summed E-state index contributed by atoms with van der Waals surface area (Å²) in [5.41, 5.74) is 1.64. The molecule has 0 unspecified atom stereocenters. The molecule has 2 N–H and O–H groups in total. The van der Waals surface area contributed by atoms with E-state index >= 15 is 0 Å². The zero-order valence-electron chi connectivity index (χ0n) is 11.7. The zero-order valence-corrected chi connectivity index (χ0v) is 12.4. The van der Waals surface area contributed by atoms with Gasteiger partial charge in [0.2, 0.25) is 10.9 Å². The maximum atomic E-state index is 12.1. The van der Waals surface area contributed by atoms with Crippen LogP contribution in [0.15, 0.2) is 63.2 Å². The fourth-order valence-corrected chi connectivity index (χ4v) is 2.26. The number of carbonyl (C=O) groups is 1. The molecule has 0 saturated carbocycles. The first-order valence-electron chi connectivity index (χ1n) is 6.65. The zero-order chi connectivity index (χ0) is 16.4. The van der Waals surface area contributed by atoms with Crippen molar-refractivity contribution in [2.75, 3.05) is 5.32 Å². The lowest BCUT2D eigenvalue weighted by atomic mass is 10.2. The molecule has 0 spiro atoms. The highest BCUT2D eigenvalue weighted by molar-refractivity contribution is 6.30. The van der Waals surface area contributed by atoms with Crippen molar-refractivity contribution >= 4 is 34.1 Å². The quantitative estimate of drug-likeness (QED) is 0.703. The molecule has 3 aromatic rings. The number of halogens is 1. The third kappa shape index (κ3) is 2.97. The van der Waals surface area contributed by atoms with E-state index in [1.807, 2.05) is 0 Å². The molecule has 0 aliphatic heterocycles. The Morgan fingerprint density at radius 3 is 2.04 bits per heavy atom. The van der Waals surface area contributed by atoms with E-state index in [4.69, 9.17) is 11.6 Å². The lowest BCUT2D eigenvalue weighted by Crippen LogP contribution is -2.36. The van der Waals surface area contributed by atoms with Crippen molar-refractivity contribution in [3.63, 3.8) is 0 Å². The standard InChI is InChI=1S/C16H10ClN3O3/c17-9-5-7-10(8-6-9)18-16(23)20-19-13-14(21)11-3-1-2-4-12(11)15(13)22/h1-8H,(H2,18,20,23). The largest absolute Gasteiger partial charge is 0.339 e. The summed E-state index contributed by atoms with van der Waals surface area (Å²) in [5.74, 6) is 0. The van der Waals surface area contributed by atoms with Gasteiger partial charge in [-0.15, -0.1) is 0 Å². The highest BCUT2D eigenvalue weighted by Crippen LogP contribution is 2.12. The van der Waals surface area contributed by atoms with E-state index in [1.165, 1.54) is 0 Å². The van der Waals surface area contributed by atoms with Gasteiger partial charge < -0.3 is 5.32 Å². The highest BCUT2D eigenvalue weighted by atomic mass is 35.5. The van der Waals surface area contributed by atoms with Crippen molar-refractivity contribution in [3.8, 4) is 0 Å². The van der Waals surface area contributed by atoms with Crippen LogP contribution < -0.4 is 27.0 Å². The van der Waals surface area contributed by atoms with E-state index in [1.54, 1.807) is 48.5 Å². The Labute approximate surface area is 134 Å². The van der Waals surface area contributed by atoms with Crippen molar-refractivity contribution in [2.24, 2.45) is 5.10 Å². The summed E-state index contributed by atoms with van der Waals surface area (Å²) in [6, 6.07) is 12.2. The van der Waals surface area contributed by atoms with Crippen LogP contribution in [0.3, 0.4) is 0 Å². The van der Waals surface area contributed by atoms with Gasteiger partial charge in [-0.05, 0) is 24.3 Å². The van der Waals surface area contributed by atoms with Crippen molar-refractivity contribution < 1.29 is 4.79 Å². The SMILES string of the molecule is O=C(NN=c1c(=O)c2ccccc2c1=O)Nc1ccc(Cl)cc1. The molecule has 0 aromatic heterocycles. The van der Waals surface area contributed by atoms with Gasteiger partial charge in [0, 0.05) is 21.5 Å². The topological polar surface area (TPSA) is 87.6 Å². The van der Waals surface area contributed by atoms with Crippen LogP contribution >= 0.6 is 11.6 Å². The van der Waals surface area contributed by atoms with E-state index in [0.717, 1.165) is 0 Å². The Morgan fingerprint density at radius 1 is 0.913 bits per heavy atom. The summed E-state index contributed by atoms with van der Waals surface area (Å²) in [5, 5.41) is 6.95. The molecule has 0 aliphatic carbocycles. The molecule has 0 atom stereocenters. The number of carbonyl (C=O) groups excluding carboxylic acids is 1. The van der Waals surface area contributed by atoms with Crippen molar-refractivity contribution in [2.45, 2.75) is 0 Å². The molecule has 0 heterocycles. The average Bonchev–Trinajstić information content (AvgIpc) is 2.80. The van der Waals surface area contributed by atoms with Gasteiger partial charge in [-0.3, -0.25) is 9.59 Å². The minimum Gasteiger partial charge on any atom is -0.307 e. The van der Waals surface area contributed by atoms with Gasteiger partial charge in [0.05, 0.1) is 0 Å². The first-order valence-corrected chi connectivity index (χ1v) is 7.03. The van der Waals surface area contributed by atoms with Gasteiger partial charge in [-0.1, -0.05) is 35.9 Å². The molecule has 0 bridgehead atoms. The van der Waals surface area contributed by atoms with E-state index in [9.17, 15) is 14.4 Å². The molecule has 23 heavy (non-hydrogen) atoms. The molecule has 7 heteroatoms. The second-order valence-corrected chi connectivity index (χ2v) is 5.17. The smallest absolute Gasteiger partial charge is 0.307 e. The van der Waals surface area contributed by atoms with Crippen LogP contribution in [0.2, 0.25) is 5.02 Å². The molecule has 3 rings (SSSR count). The fraction of sp³-hybridized carbons (Fsp3) is 0. The number of anilines is 1. The third-order valence-electron chi connectivity index (χ3n) is 3.22. The van der Waals surface area contributed by atoms with Crippen LogP contribution in [0.4, 0.5) is 10.5 Å². The lowest BCUT2D eigenvalue weighted by Gasteiger charge is -2.03. The predicted molar refractivity (Wildman–Crippen MR) is 88.0 cm³/mol. The van der Waals surface area contributed by atoms with Gasteiger partial charge in [-0.2, -0.15) is 5.10 Å². The summed E-state index contributed by atoms with van der Waals surface area (Å²) >= 11 is 5.75. The van der Waals surface area contributed by atoms with Crippen LogP contribution in [0.1, 0.15) is 0 Å². The summed E-state index contributed by atoms with van der Waals surface area (Å²) < 4.78 is 0. The maximum Gasteiger partial charge on any atom is 0.339 e. The van der Waals surface area contributed by atoms with Crippen LogP contribution in [-0.2, 0) is 0 Å². The summed E-state index contributed by atoms with van der Waals surface area (Å²) in [6.45, 7) is 0. The molecule has 0 radical (unpaired) electrons. The van der Waals surface area contributed by atoms with Gasteiger partial charge in [-0.25, -0.2) is 10.2 Å². The molecule has 0 aliphatic rings. The van der Waals surface area contributed by atoms with Crippen LogP contribution in [0.25, 0.3) is 10.8 Å². The Hall–Kier alpha value is -2.99. The van der Waals surface area contributed by atoms with Gasteiger partial charge in [0.15, 0.2) is 5.36 Å². The lowest BCUT2D eigenvalue weighted by molar-refractivity contribution is 0.252. The van der Waals surface area contributed by atoms with E-state index in [2.05, 4.69) is 15.8 Å². The Bertz CT molecular complexity index is 985. The van der Waals surface area contributed by atoms with Gasteiger partial charge in [0.1, 0.15) is 0 Å². The maximum absolute atomic E-state index is 12.1. The summed E-state index contributed by atoms with van der Waals surface area (Å²) in [4.78, 5) is 35.9. The molecule has 6 nitrogen and oxygen atoms in total. The molecule has 0 saturated heterocycles. The number of rotatable bonds is 2. The molecular formula is C16H10ClN3O3. The normalized spacial score (nSPS) is 10.5. The number of nitrogens with zero attached hydrogens (tertiary/aromatic N) is 1. The molecule has 114 valence electrons. The first kappa shape index (κ1) is 14.9. The fourth-order valence-electron chi connectivity index (χ4n) is 2.14. The Kier molecular flexibility index (Phi) is 3.91. The average molecular weight is 328 g/mol.